The molecule has 0 aromatic heterocycles. The minimum absolute atomic E-state index is 0.0594. The smallest absolute Gasteiger partial charge is 0.333 e. The lowest BCUT2D eigenvalue weighted by molar-refractivity contribution is -0.145. The second kappa shape index (κ2) is 3.92. The highest BCUT2D eigenvalue weighted by atomic mass is 16.6. The van der Waals surface area contributed by atoms with E-state index >= 15 is 0 Å². The summed E-state index contributed by atoms with van der Waals surface area (Å²) in [5.41, 5.74) is 0.223. The van der Waals surface area contributed by atoms with E-state index in [1.807, 2.05) is 0 Å². The number of cyclic esters (lactones) is 1. The molecule has 0 N–H and O–H groups in total. The van der Waals surface area contributed by atoms with Gasteiger partial charge in [0.15, 0.2) is 12.0 Å². The van der Waals surface area contributed by atoms with Crippen LogP contribution in [0.3, 0.4) is 0 Å². The molecule has 0 aromatic rings. The molecule has 1 aliphatic rings. The van der Waals surface area contributed by atoms with Crippen LogP contribution in [0.25, 0.3) is 0 Å². The van der Waals surface area contributed by atoms with Crippen molar-refractivity contribution >= 4 is 11.9 Å². The predicted molar refractivity (Wildman–Crippen MR) is 44.8 cm³/mol. The molecule has 1 aliphatic heterocycles. The van der Waals surface area contributed by atoms with Crippen molar-refractivity contribution in [2.45, 2.75) is 13.0 Å². The fourth-order valence-corrected chi connectivity index (χ4v) is 0.978. The van der Waals surface area contributed by atoms with Crippen molar-refractivity contribution < 1.29 is 19.1 Å². The molecule has 1 saturated heterocycles. The average Bonchev–Trinajstić information content (AvgIpc) is 2.46. The Kier molecular flexibility index (Phi) is 2.87. The zero-order valence-corrected chi connectivity index (χ0v) is 7.65. The summed E-state index contributed by atoms with van der Waals surface area (Å²) in [4.78, 5) is 22.0. The number of esters is 2. The van der Waals surface area contributed by atoms with E-state index in [2.05, 4.69) is 11.3 Å². The Bertz CT molecular complexity index is 328. The molecular formula is C9H9NO4. The summed E-state index contributed by atoms with van der Waals surface area (Å²) in [6.07, 6.45) is -0.809. The lowest BCUT2D eigenvalue weighted by Crippen LogP contribution is -2.26. The van der Waals surface area contributed by atoms with Crippen molar-refractivity contribution in [2.75, 3.05) is 6.61 Å². The first-order valence-corrected chi connectivity index (χ1v) is 3.99. The first-order chi connectivity index (χ1) is 6.56. The van der Waals surface area contributed by atoms with Crippen LogP contribution in [-0.2, 0) is 19.1 Å². The summed E-state index contributed by atoms with van der Waals surface area (Å²) in [5, 5.41) is 8.59. The minimum atomic E-state index is -1.02. The fourth-order valence-electron chi connectivity index (χ4n) is 0.978. The maximum atomic E-state index is 11.1. The van der Waals surface area contributed by atoms with Crippen molar-refractivity contribution in [1.29, 1.82) is 5.26 Å². The third-order valence-electron chi connectivity index (χ3n) is 1.76. The van der Waals surface area contributed by atoms with Gasteiger partial charge in [0.05, 0.1) is 6.07 Å². The van der Waals surface area contributed by atoms with E-state index < -0.39 is 24.0 Å². The molecule has 0 saturated carbocycles. The molecule has 2 atom stereocenters. The van der Waals surface area contributed by atoms with Gasteiger partial charge < -0.3 is 9.47 Å². The summed E-state index contributed by atoms with van der Waals surface area (Å²) < 4.78 is 9.42. The van der Waals surface area contributed by atoms with Gasteiger partial charge in [-0.3, -0.25) is 4.79 Å². The lowest BCUT2D eigenvalue weighted by Gasteiger charge is -2.10. The summed E-state index contributed by atoms with van der Waals surface area (Å²) in [6.45, 7) is 4.81. The zero-order chi connectivity index (χ0) is 10.7. The molecule has 14 heavy (non-hydrogen) atoms. The molecule has 1 fully saturated rings. The van der Waals surface area contributed by atoms with Crippen LogP contribution in [0, 0.1) is 17.2 Å². The van der Waals surface area contributed by atoms with E-state index in [9.17, 15) is 9.59 Å². The molecule has 74 valence electrons. The Labute approximate surface area is 80.9 Å². The van der Waals surface area contributed by atoms with E-state index in [1.54, 1.807) is 6.07 Å². The van der Waals surface area contributed by atoms with Gasteiger partial charge in [-0.15, -0.1) is 0 Å². The largest absolute Gasteiger partial charge is 0.461 e. The molecule has 0 amide bonds. The summed E-state index contributed by atoms with van der Waals surface area (Å²) >= 11 is 0. The van der Waals surface area contributed by atoms with E-state index in [0.717, 1.165) is 0 Å². The van der Waals surface area contributed by atoms with Gasteiger partial charge >= 0.3 is 11.9 Å². The summed E-state index contributed by atoms with van der Waals surface area (Å²) in [6, 6.07) is 1.73. The van der Waals surface area contributed by atoms with Gasteiger partial charge in [0.2, 0.25) is 0 Å². The van der Waals surface area contributed by atoms with Crippen LogP contribution in [0.1, 0.15) is 6.92 Å². The monoisotopic (exact) mass is 195 g/mol. The van der Waals surface area contributed by atoms with Gasteiger partial charge in [0.25, 0.3) is 0 Å². The molecule has 1 rings (SSSR count). The summed E-state index contributed by atoms with van der Waals surface area (Å²) in [7, 11) is 0. The van der Waals surface area contributed by atoms with E-state index in [1.165, 1.54) is 6.92 Å². The Balaban J connectivity index is 2.63. The highest BCUT2D eigenvalue weighted by molar-refractivity contribution is 5.88. The van der Waals surface area contributed by atoms with Gasteiger partial charge in [-0.1, -0.05) is 6.58 Å². The Hall–Kier alpha value is -1.83. The second-order valence-electron chi connectivity index (χ2n) is 2.96. The highest BCUT2D eigenvalue weighted by Crippen LogP contribution is 2.18. The molecule has 0 radical (unpaired) electrons. The first-order valence-electron chi connectivity index (χ1n) is 3.99. The topological polar surface area (TPSA) is 76.4 Å². The standard InChI is InChI=1S/C9H9NO4/c1-5(2)8(11)14-7-4-13-9(12)6(7)3-10/h6-7H,1,4H2,2H3. The first kappa shape index (κ1) is 10.3. The van der Waals surface area contributed by atoms with Crippen LogP contribution in [0.4, 0.5) is 0 Å². The molecule has 0 aromatic carbocycles. The van der Waals surface area contributed by atoms with Crippen LogP contribution in [0.2, 0.25) is 0 Å². The fraction of sp³-hybridized carbons (Fsp3) is 0.444. The van der Waals surface area contributed by atoms with E-state index in [4.69, 9.17) is 10.00 Å². The Morgan fingerprint density at radius 2 is 2.43 bits per heavy atom. The zero-order valence-electron chi connectivity index (χ0n) is 7.65. The maximum absolute atomic E-state index is 11.1. The van der Waals surface area contributed by atoms with Crippen LogP contribution in [-0.4, -0.2) is 24.6 Å². The van der Waals surface area contributed by atoms with E-state index in [-0.39, 0.29) is 12.2 Å². The third kappa shape index (κ3) is 1.91. The van der Waals surface area contributed by atoms with Crippen molar-refractivity contribution in [1.82, 2.24) is 0 Å². The number of ether oxygens (including phenoxy) is 2. The normalized spacial score (nSPS) is 25.0. The van der Waals surface area contributed by atoms with Crippen LogP contribution in [0.15, 0.2) is 12.2 Å². The second-order valence-corrected chi connectivity index (χ2v) is 2.96. The molecule has 5 heteroatoms. The molecule has 2 unspecified atom stereocenters. The van der Waals surface area contributed by atoms with Crippen molar-refractivity contribution in [3.63, 3.8) is 0 Å². The predicted octanol–water partition coefficient (Wildman–Crippen LogP) is 0.171. The van der Waals surface area contributed by atoms with Gasteiger partial charge in [0.1, 0.15) is 6.61 Å². The quantitative estimate of drug-likeness (QED) is 0.463. The number of hydrogen-bond acceptors (Lipinski definition) is 5. The van der Waals surface area contributed by atoms with Crippen LogP contribution in [0.5, 0.6) is 0 Å². The van der Waals surface area contributed by atoms with Crippen LogP contribution < -0.4 is 0 Å². The lowest BCUT2D eigenvalue weighted by atomic mass is 10.1. The number of carbonyl (C=O) groups excluding carboxylic acids is 2. The minimum Gasteiger partial charge on any atom is -0.461 e. The molecule has 0 spiro atoms. The average molecular weight is 195 g/mol. The summed E-state index contributed by atoms with van der Waals surface area (Å²) in [5.74, 6) is -2.28. The van der Waals surface area contributed by atoms with Crippen molar-refractivity contribution in [3.05, 3.63) is 12.2 Å². The van der Waals surface area contributed by atoms with E-state index in [0.29, 0.717) is 0 Å². The molecular weight excluding hydrogens is 186 g/mol. The number of nitrogens with zero attached hydrogens (tertiary/aromatic N) is 1. The van der Waals surface area contributed by atoms with Gasteiger partial charge in [-0.05, 0) is 6.92 Å². The molecule has 0 aliphatic carbocycles. The molecule has 0 bridgehead atoms. The number of hydrogen-bond donors (Lipinski definition) is 0. The third-order valence-corrected chi connectivity index (χ3v) is 1.76. The molecule has 5 nitrogen and oxygen atoms in total. The van der Waals surface area contributed by atoms with Crippen molar-refractivity contribution in [2.24, 2.45) is 5.92 Å². The van der Waals surface area contributed by atoms with Gasteiger partial charge in [-0.25, -0.2) is 4.79 Å². The number of rotatable bonds is 2. The number of carbonyl (C=O) groups is 2. The van der Waals surface area contributed by atoms with Crippen molar-refractivity contribution in [3.8, 4) is 6.07 Å². The molecule has 1 heterocycles. The SMILES string of the molecule is C=C(C)C(=O)OC1COC(=O)C1C#N. The Morgan fingerprint density at radius 1 is 1.79 bits per heavy atom. The van der Waals surface area contributed by atoms with Gasteiger partial charge in [-0.2, -0.15) is 5.26 Å². The maximum Gasteiger partial charge on any atom is 0.333 e. The van der Waals surface area contributed by atoms with Crippen LogP contribution >= 0.6 is 0 Å². The Morgan fingerprint density at radius 3 is 2.93 bits per heavy atom. The number of nitriles is 1. The van der Waals surface area contributed by atoms with Gasteiger partial charge in [0, 0.05) is 5.57 Å². The highest BCUT2D eigenvalue weighted by Gasteiger charge is 2.39.